The second-order valence-electron chi connectivity index (χ2n) is 3.69. The van der Waals surface area contributed by atoms with Crippen molar-refractivity contribution in [3.63, 3.8) is 0 Å². The SMILES string of the molecule is Cn1ccnc1C(=O)CC1CNCCO1. The zero-order valence-corrected chi connectivity index (χ0v) is 8.77. The van der Waals surface area contributed by atoms with Crippen LogP contribution in [0.1, 0.15) is 17.0 Å². The smallest absolute Gasteiger partial charge is 0.200 e. The van der Waals surface area contributed by atoms with Gasteiger partial charge in [0.1, 0.15) is 0 Å². The summed E-state index contributed by atoms with van der Waals surface area (Å²) >= 11 is 0. The fraction of sp³-hybridized carbons (Fsp3) is 0.600. The van der Waals surface area contributed by atoms with Crippen LogP contribution >= 0.6 is 0 Å². The minimum atomic E-state index is -0.0112. The fourth-order valence-corrected chi connectivity index (χ4v) is 1.68. The highest BCUT2D eigenvalue weighted by atomic mass is 16.5. The first-order valence-corrected chi connectivity index (χ1v) is 5.10. The Morgan fingerprint density at radius 1 is 1.80 bits per heavy atom. The highest BCUT2D eigenvalue weighted by Crippen LogP contribution is 2.07. The van der Waals surface area contributed by atoms with E-state index in [0.717, 1.165) is 13.1 Å². The highest BCUT2D eigenvalue weighted by molar-refractivity contribution is 5.93. The quantitative estimate of drug-likeness (QED) is 0.711. The molecule has 1 aliphatic rings. The lowest BCUT2D eigenvalue weighted by atomic mass is 10.1. The third kappa shape index (κ3) is 2.43. The topological polar surface area (TPSA) is 56.2 Å². The van der Waals surface area contributed by atoms with Crippen molar-refractivity contribution < 1.29 is 9.53 Å². The fourth-order valence-electron chi connectivity index (χ4n) is 1.68. The molecule has 0 aliphatic carbocycles. The molecule has 1 atom stereocenters. The number of carbonyl (C=O) groups is 1. The number of imidazole rings is 1. The van der Waals surface area contributed by atoms with Crippen LogP contribution in [-0.2, 0) is 11.8 Å². The number of aryl methyl sites for hydroxylation is 1. The number of morpholine rings is 1. The van der Waals surface area contributed by atoms with E-state index < -0.39 is 0 Å². The van der Waals surface area contributed by atoms with Crippen LogP contribution in [0.2, 0.25) is 0 Å². The van der Waals surface area contributed by atoms with Gasteiger partial charge in [0.05, 0.1) is 12.7 Å². The van der Waals surface area contributed by atoms with Crippen LogP contribution in [-0.4, -0.2) is 41.1 Å². The van der Waals surface area contributed by atoms with E-state index >= 15 is 0 Å². The second-order valence-corrected chi connectivity index (χ2v) is 3.69. The lowest BCUT2D eigenvalue weighted by molar-refractivity contribution is 0.0237. The summed E-state index contributed by atoms with van der Waals surface area (Å²) in [6.07, 6.45) is 3.79. The molecule has 0 aromatic carbocycles. The highest BCUT2D eigenvalue weighted by Gasteiger charge is 2.20. The molecule has 1 N–H and O–H groups in total. The van der Waals surface area contributed by atoms with Crippen LogP contribution in [0.5, 0.6) is 0 Å². The lowest BCUT2D eigenvalue weighted by Gasteiger charge is -2.22. The molecule has 15 heavy (non-hydrogen) atoms. The van der Waals surface area contributed by atoms with Crippen LogP contribution in [0.3, 0.4) is 0 Å². The van der Waals surface area contributed by atoms with Crippen molar-refractivity contribution >= 4 is 5.78 Å². The maximum Gasteiger partial charge on any atom is 0.200 e. The summed E-state index contributed by atoms with van der Waals surface area (Å²) < 4.78 is 7.20. The predicted octanol–water partition coefficient (Wildman–Crippen LogP) is -0.0187. The Morgan fingerprint density at radius 2 is 2.67 bits per heavy atom. The molecule has 5 heteroatoms. The van der Waals surface area contributed by atoms with Gasteiger partial charge in [-0.2, -0.15) is 0 Å². The largest absolute Gasteiger partial charge is 0.375 e. The Kier molecular flexibility index (Phi) is 3.13. The summed E-state index contributed by atoms with van der Waals surface area (Å²) in [6.45, 7) is 2.29. The number of carbonyl (C=O) groups excluding carboxylic acids is 1. The van der Waals surface area contributed by atoms with E-state index in [9.17, 15) is 4.79 Å². The second kappa shape index (κ2) is 4.55. The van der Waals surface area contributed by atoms with E-state index in [1.807, 2.05) is 7.05 Å². The van der Waals surface area contributed by atoms with E-state index in [1.54, 1.807) is 17.0 Å². The standard InChI is InChI=1S/C10H15N3O2/c1-13-4-2-12-10(13)9(14)6-8-7-11-3-5-15-8/h2,4,8,11H,3,5-7H2,1H3. The third-order valence-electron chi connectivity index (χ3n) is 2.49. The molecule has 2 rings (SSSR count). The van der Waals surface area contributed by atoms with Crippen molar-refractivity contribution in [1.82, 2.24) is 14.9 Å². The number of hydrogen-bond acceptors (Lipinski definition) is 4. The zero-order valence-electron chi connectivity index (χ0n) is 8.77. The molecule has 5 nitrogen and oxygen atoms in total. The van der Waals surface area contributed by atoms with Gasteiger partial charge < -0.3 is 14.6 Å². The first-order chi connectivity index (χ1) is 7.27. The van der Waals surface area contributed by atoms with Crippen LogP contribution in [0.25, 0.3) is 0 Å². The average molecular weight is 209 g/mol. The molecule has 1 unspecified atom stereocenters. The Bertz CT molecular complexity index is 342. The maximum atomic E-state index is 11.8. The van der Waals surface area contributed by atoms with Crippen molar-refractivity contribution in [2.24, 2.45) is 7.05 Å². The first kappa shape index (κ1) is 10.3. The number of ether oxygens (including phenoxy) is 1. The molecule has 1 saturated heterocycles. The predicted molar refractivity (Wildman–Crippen MR) is 54.8 cm³/mol. The van der Waals surface area contributed by atoms with Crippen LogP contribution in [0, 0.1) is 0 Å². The Morgan fingerprint density at radius 3 is 3.27 bits per heavy atom. The number of rotatable bonds is 3. The average Bonchev–Trinajstić information content (AvgIpc) is 2.66. The summed E-state index contributed by atoms with van der Waals surface area (Å²) in [5, 5.41) is 3.20. The Labute approximate surface area is 88.4 Å². The van der Waals surface area contributed by atoms with Gasteiger partial charge in [0.2, 0.25) is 5.78 Å². The molecule has 82 valence electrons. The number of hydrogen-bond donors (Lipinski definition) is 1. The normalized spacial score (nSPS) is 21.5. The summed E-state index contributed by atoms with van der Waals surface area (Å²) in [5.41, 5.74) is 0. The summed E-state index contributed by atoms with van der Waals surface area (Å²) in [4.78, 5) is 15.8. The van der Waals surface area contributed by atoms with Crippen LogP contribution < -0.4 is 5.32 Å². The van der Waals surface area contributed by atoms with Crippen molar-refractivity contribution in [2.75, 3.05) is 19.7 Å². The van der Waals surface area contributed by atoms with Gasteiger partial charge in [-0.05, 0) is 0 Å². The van der Waals surface area contributed by atoms with Gasteiger partial charge >= 0.3 is 0 Å². The van der Waals surface area contributed by atoms with Gasteiger partial charge in [0.25, 0.3) is 0 Å². The van der Waals surface area contributed by atoms with Crippen molar-refractivity contribution in [1.29, 1.82) is 0 Å². The van der Waals surface area contributed by atoms with Crippen molar-refractivity contribution in [3.8, 4) is 0 Å². The molecule has 1 aromatic rings. The van der Waals surface area contributed by atoms with E-state index in [0.29, 0.717) is 18.9 Å². The molecule has 1 fully saturated rings. The van der Waals surface area contributed by atoms with Gasteiger partial charge in [-0.1, -0.05) is 0 Å². The van der Waals surface area contributed by atoms with E-state index in [2.05, 4.69) is 10.3 Å². The number of nitrogens with one attached hydrogen (secondary N) is 1. The molecule has 1 aliphatic heterocycles. The molecular formula is C10H15N3O2. The zero-order chi connectivity index (χ0) is 10.7. The lowest BCUT2D eigenvalue weighted by Crippen LogP contribution is -2.39. The summed E-state index contributed by atoms with van der Waals surface area (Å²) in [6, 6.07) is 0. The Hall–Kier alpha value is -1.20. The van der Waals surface area contributed by atoms with Crippen LogP contribution in [0.15, 0.2) is 12.4 Å². The molecular weight excluding hydrogens is 194 g/mol. The van der Waals surface area contributed by atoms with Gasteiger partial charge in [0.15, 0.2) is 5.82 Å². The number of aromatic nitrogens is 2. The van der Waals surface area contributed by atoms with E-state index in [1.165, 1.54) is 0 Å². The summed E-state index contributed by atoms with van der Waals surface area (Å²) in [5.74, 6) is 0.542. The monoisotopic (exact) mass is 209 g/mol. The van der Waals surface area contributed by atoms with Gasteiger partial charge in [-0.3, -0.25) is 4.79 Å². The number of Topliss-reactive ketones (excluding diaryl/α,β-unsaturated/α-hetero) is 1. The van der Waals surface area contributed by atoms with Gasteiger partial charge in [0, 0.05) is 39.0 Å². The molecule has 2 heterocycles. The maximum absolute atomic E-state index is 11.8. The van der Waals surface area contributed by atoms with E-state index in [-0.39, 0.29) is 11.9 Å². The van der Waals surface area contributed by atoms with Gasteiger partial charge in [-0.25, -0.2) is 4.98 Å². The third-order valence-corrected chi connectivity index (χ3v) is 2.49. The minimum absolute atomic E-state index is 0.0112. The molecule has 0 amide bonds. The first-order valence-electron chi connectivity index (χ1n) is 5.10. The van der Waals surface area contributed by atoms with E-state index in [4.69, 9.17) is 4.74 Å². The molecule has 0 radical (unpaired) electrons. The Balaban J connectivity index is 1.94. The van der Waals surface area contributed by atoms with Crippen LogP contribution in [0.4, 0.5) is 0 Å². The summed E-state index contributed by atoms with van der Waals surface area (Å²) in [7, 11) is 1.82. The molecule has 0 bridgehead atoms. The van der Waals surface area contributed by atoms with Crippen molar-refractivity contribution in [2.45, 2.75) is 12.5 Å². The molecule has 1 aromatic heterocycles. The number of ketones is 1. The molecule has 0 saturated carbocycles. The minimum Gasteiger partial charge on any atom is -0.375 e. The van der Waals surface area contributed by atoms with Gasteiger partial charge in [-0.15, -0.1) is 0 Å². The molecule has 0 spiro atoms. The number of nitrogens with zero attached hydrogens (tertiary/aromatic N) is 2. The van der Waals surface area contributed by atoms with Crippen molar-refractivity contribution in [3.05, 3.63) is 18.2 Å².